The number of hydrogen-bond donors (Lipinski definition) is 1. The third-order valence-corrected chi connectivity index (χ3v) is 3.30. The van der Waals surface area contributed by atoms with Crippen LogP contribution >= 0.6 is 0 Å². The summed E-state index contributed by atoms with van der Waals surface area (Å²) in [5.74, 6) is -0.811. The van der Waals surface area contributed by atoms with Crippen LogP contribution in [-0.2, 0) is 5.60 Å². The van der Waals surface area contributed by atoms with Gasteiger partial charge in [0.1, 0.15) is 17.2 Å². The number of halogens is 2. The van der Waals surface area contributed by atoms with E-state index in [4.69, 9.17) is 0 Å². The van der Waals surface area contributed by atoms with Gasteiger partial charge in [0.25, 0.3) is 0 Å². The third-order valence-electron chi connectivity index (χ3n) is 3.30. The van der Waals surface area contributed by atoms with Crippen molar-refractivity contribution in [3.63, 3.8) is 0 Å². The van der Waals surface area contributed by atoms with Crippen molar-refractivity contribution in [2.45, 2.75) is 12.5 Å². The molecule has 2 aromatic rings. The average Bonchev–Trinajstić information content (AvgIpc) is 2.49. The number of benzene rings is 2. The van der Waals surface area contributed by atoms with Crippen LogP contribution in [-0.4, -0.2) is 5.11 Å². The van der Waals surface area contributed by atoms with E-state index in [0.29, 0.717) is 11.1 Å². The van der Waals surface area contributed by atoms with E-state index in [2.05, 4.69) is 0 Å². The van der Waals surface area contributed by atoms with Crippen LogP contribution in [0.4, 0.5) is 8.78 Å². The maximum Gasteiger partial charge on any atom is 0.123 e. The Labute approximate surface area is 97.3 Å². The molecule has 0 spiro atoms. The first-order chi connectivity index (χ1) is 8.00. The Bertz CT molecular complexity index is 564. The van der Waals surface area contributed by atoms with Gasteiger partial charge < -0.3 is 5.11 Å². The Kier molecular flexibility index (Phi) is 1.92. The molecule has 0 saturated heterocycles. The Hall–Kier alpha value is -1.74. The molecule has 0 heterocycles. The van der Waals surface area contributed by atoms with E-state index in [1.54, 1.807) is 19.1 Å². The highest BCUT2D eigenvalue weighted by Crippen LogP contribution is 2.47. The van der Waals surface area contributed by atoms with Gasteiger partial charge in [0.15, 0.2) is 0 Å². The summed E-state index contributed by atoms with van der Waals surface area (Å²) in [4.78, 5) is 0. The summed E-state index contributed by atoms with van der Waals surface area (Å²) in [6.45, 7) is 1.55. The Balaban J connectivity index is 2.37. The minimum atomic E-state index is -1.34. The standard InChI is InChI=1S/C14H10F2O/c1-14(17)12-6-8(15)2-4-10(12)11-5-3-9(16)7-13(11)14/h2-7,17H,1H3. The zero-order valence-corrected chi connectivity index (χ0v) is 9.17. The van der Waals surface area contributed by atoms with Crippen LogP contribution in [0.25, 0.3) is 11.1 Å². The van der Waals surface area contributed by atoms with Gasteiger partial charge in [0.2, 0.25) is 0 Å². The van der Waals surface area contributed by atoms with Crippen LogP contribution in [0.3, 0.4) is 0 Å². The molecule has 0 radical (unpaired) electrons. The summed E-state index contributed by atoms with van der Waals surface area (Å²) in [6, 6.07) is 8.51. The molecule has 17 heavy (non-hydrogen) atoms. The van der Waals surface area contributed by atoms with Gasteiger partial charge in [-0.05, 0) is 53.4 Å². The second-order valence-corrected chi connectivity index (χ2v) is 4.45. The highest BCUT2D eigenvalue weighted by atomic mass is 19.1. The van der Waals surface area contributed by atoms with Crippen molar-refractivity contribution < 1.29 is 13.9 Å². The van der Waals surface area contributed by atoms with Crippen LogP contribution in [0.2, 0.25) is 0 Å². The molecule has 0 atom stereocenters. The monoisotopic (exact) mass is 232 g/mol. The van der Waals surface area contributed by atoms with Gasteiger partial charge in [0.05, 0.1) is 0 Å². The minimum absolute atomic E-state index is 0.405. The Morgan fingerprint density at radius 3 is 1.71 bits per heavy atom. The molecule has 0 unspecified atom stereocenters. The second kappa shape index (κ2) is 3.14. The summed E-state index contributed by atoms with van der Waals surface area (Å²) in [7, 11) is 0. The van der Waals surface area contributed by atoms with Crippen LogP contribution in [0.5, 0.6) is 0 Å². The predicted octanol–water partition coefficient (Wildman–Crippen LogP) is 3.20. The maximum atomic E-state index is 13.2. The third kappa shape index (κ3) is 1.32. The average molecular weight is 232 g/mol. The molecule has 86 valence electrons. The number of hydrogen-bond acceptors (Lipinski definition) is 1. The highest BCUT2D eigenvalue weighted by molar-refractivity contribution is 5.79. The molecule has 1 N–H and O–H groups in total. The van der Waals surface area contributed by atoms with Crippen molar-refractivity contribution >= 4 is 0 Å². The van der Waals surface area contributed by atoms with Gasteiger partial charge >= 0.3 is 0 Å². The molecule has 1 nitrogen and oxygen atoms in total. The molecular weight excluding hydrogens is 222 g/mol. The minimum Gasteiger partial charge on any atom is -0.381 e. The van der Waals surface area contributed by atoms with E-state index in [0.717, 1.165) is 11.1 Å². The van der Waals surface area contributed by atoms with Crippen LogP contribution in [0, 0.1) is 11.6 Å². The number of aliphatic hydroxyl groups is 1. The zero-order valence-electron chi connectivity index (χ0n) is 9.17. The predicted molar refractivity (Wildman–Crippen MR) is 60.5 cm³/mol. The lowest BCUT2D eigenvalue weighted by Crippen LogP contribution is -2.19. The lowest BCUT2D eigenvalue weighted by molar-refractivity contribution is 0.107. The fourth-order valence-corrected chi connectivity index (χ4v) is 2.45. The molecule has 0 amide bonds. The zero-order chi connectivity index (χ0) is 12.2. The summed E-state index contributed by atoms with van der Waals surface area (Å²) >= 11 is 0. The lowest BCUT2D eigenvalue weighted by atomic mass is 9.94. The Morgan fingerprint density at radius 2 is 1.29 bits per heavy atom. The van der Waals surface area contributed by atoms with Gasteiger partial charge in [-0.1, -0.05) is 12.1 Å². The molecule has 2 aromatic carbocycles. The molecule has 0 aliphatic heterocycles. The largest absolute Gasteiger partial charge is 0.381 e. The molecule has 0 fully saturated rings. The van der Waals surface area contributed by atoms with Gasteiger partial charge in [-0.3, -0.25) is 0 Å². The smallest absolute Gasteiger partial charge is 0.123 e. The van der Waals surface area contributed by atoms with Crippen molar-refractivity contribution in [3.05, 3.63) is 59.2 Å². The first-order valence-electron chi connectivity index (χ1n) is 5.33. The van der Waals surface area contributed by atoms with E-state index in [9.17, 15) is 13.9 Å². The van der Waals surface area contributed by atoms with E-state index < -0.39 is 17.2 Å². The number of rotatable bonds is 0. The SMILES string of the molecule is CC1(O)c2cc(F)ccc2-c2ccc(F)cc21. The molecule has 3 heteroatoms. The van der Waals surface area contributed by atoms with Crippen LogP contribution in [0.1, 0.15) is 18.1 Å². The van der Waals surface area contributed by atoms with E-state index in [1.165, 1.54) is 24.3 Å². The summed E-state index contributed by atoms with van der Waals surface area (Å²) in [6.07, 6.45) is 0. The molecule has 0 bridgehead atoms. The van der Waals surface area contributed by atoms with E-state index in [-0.39, 0.29) is 0 Å². The van der Waals surface area contributed by atoms with Crippen molar-refractivity contribution in [1.82, 2.24) is 0 Å². The molecular formula is C14H10F2O. The molecule has 0 saturated carbocycles. The second-order valence-electron chi connectivity index (χ2n) is 4.45. The van der Waals surface area contributed by atoms with E-state index >= 15 is 0 Å². The highest BCUT2D eigenvalue weighted by Gasteiger charge is 2.37. The van der Waals surface area contributed by atoms with Crippen molar-refractivity contribution in [2.24, 2.45) is 0 Å². The first-order valence-corrected chi connectivity index (χ1v) is 5.33. The molecule has 0 aromatic heterocycles. The molecule has 1 aliphatic carbocycles. The van der Waals surface area contributed by atoms with Gasteiger partial charge in [0, 0.05) is 0 Å². The topological polar surface area (TPSA) is 20.2 Å². The van der Waals surface area contributed by atoms with Gasteiger partial charge in [-0.25, -0.2) is 8.78 Å². The van der Waals surface area contributed by atoms with Crippen LogP contribution < -0.4 is 0 Å². The summed E-state index contributed by atoms with van der Waals surface area (Å²) < 4.78 is 26.4. The number of fused-ring (bicyclic) bond motifs is 3. The summed E-state index contributed by atoms with van der Waals surface area (Å²) in [5, 5.41) is 10.4. The Morgan fingerprint density at radius 1 is 0.882 bits per heavy atom. The fraction of sp³-hybridized carbons (Fsp3) is 0.143. The normalized spacial score (nSPS) is 15.5. The van der Waals surface area contributed by atoms with Gasteiger partial charge in [-0.15, -0.1) is 0 Å². The molecule has 1 aliphatic rings. The quantitative estimate of drug-likeness (QED) is 0.739. The van der Waals surface area contributed by atoms with E-state index in [1.807, 2.05) is 0 Å². The van der Waals surface area contributed by atoms with Gasteiger partial charge in [-0.2, -0.15) is 0 Å². The fourth-order valence-electron chi connectivity index (χ4n) is 2.45. The van der Waals surface area contributed by atoms with Crippen molar-refractivity contribution in [1.29, 1.82) is 0 Å². The maximum absolute atomic E-state index is 13.2. The lowest BCUT2D eigenvalue weighted by Gasteiger charge is -2.19. The van der Waals surface area contributed by atoms with Crippen molar-refractivity contribution in [2.75, 3.05) is 0 Å². The summed E-state index contributed by atoms with van der Waals surface area (Å²) in [5.41, 5.74) is 1.14. The first kappa shape index (κ1) is 10.4. The van der Waals surface area contributed by atoms with Crippen molar-refractivity contribution in [3.8, 4) is 11.1 Å². The van der Waals surface area contributed by atoms with Crippen LogP contribution in [0.15, 0.2) is 36.4 Å². The molecule has 3 rings (SSSR count).